The number of aromatic nitrogens is 1. The maximum atomic E-state index is 13.4. The number of furan rings is 1. The van der Waals surface area contributed by atoms with Crippen molar-refractivity contribution in [1.82, 2.24) is 15.2 Å². The van der Waals surface area contributed by atoms with Gasteiger partial charge in [-0.25, -0.2) is 4.39 Å². The normalized spacial score (nSPS) is 17.4. The van der Waals surface area contributed by atoms with Crippen LogP contribution < -0.4 is 10.6 Å². The number of nitrogens with zero attached hydrogens (tertiary/aromatic N) is 2. The minimum absolute atomic E-state index is 0.0291. The number of nitrogens with one attached hydrogen (secondary N) is 2. The third kappa shape index (κ3) is 4.53. The molecule has 34 heavy (non-hydrogen) atoms. The SMILES string of the molecule is O=C(CN1C(=S)N[C@H](c2ccccn2)[C@H]1c1ccc(-c2ccc(F)cc2)o1)Nc1ccccc1. The van der Waals surface area contributed by atoms with Crippen molar-refractivity contribution in [1.29, 1.82) is 0 Å². The summed E-state index contributed by atoms with van der Waals surface area (Å²) in [6.45, 7) is 0.0291. The summed E-state index contributed by atoms with van der Waals surface area (Å²) in [5.41, 5.74) is 2.24. The van der Waals surface area contributed by atoms with E-state index in [-0.39, 0.29) is 24.3 Å². The maximum absolute atomic E-state index is 13.4. The van der Waals surface area contributed by atoms with Crippen LogP contribution in [0.25, 0.3) is 11.3 Å². The molecule has 1 saturated heterocycles. The van der Waals surface area contributed by atoms with Gasteiger partial charge in [0.05, 0.1) is 11.7 Å². The Labute approximate surface area is 201 Å². The molecule has 2 aromatic heterocycles. The molecule has 3 heterocycles. The molecule has 0 unspecified atom stereocenters. The van der Waals surface area contributed by atoms with Gasteiger partial charge in [0, 0.05) is 17.4 Å². The molecule has 1 aliphatic rings. The van der Waals surface area contributed by atoms with Crippen LogP contribution in [0.1, 0.15) is 23.5 Å². The van der Waals surface area contributed by atoms with Crippen molar-refractivity contribution in [3.8, 4) is 11.3 Å². The molecule has 0 spiro atoms. The van der Waals surface area contributed by atoms with E-state index < -0.39 is 6.04 Å². The van der Waals surface area contributed by atoms with E-state index in [1.807, 2.05) is 60.7 Å². The summed E-state index contributed by atoms with van der Waals surface area (Å²) in [7, 11) is 0. The summed E-state index contributed by atoms with van der Waals surface area (Å²) in [4.78, 5) is 19.2. The fourth-order valence-corrected chi connectivity index (χ4v) is 4.35. The first-order valence-corrected chi connectivity index (χ1v) is 11.2. The van der Waals surface area contributed by atoms with Gasteiger partial charge in [0.1, 0.15) is 29.9 Å². The fraction of sp³-hybridized carbons (Fsp3) is 0.115. The first-order chi connectivity index (χ1) is 16.6. The smallest absolute Gasteiger partial charge is 0.244 e. The summed E-state index contributed by atoms with van der Waals surface area (Å²) in [6, 6.07) is 24.0. The number of para-hydroxylation sites is 1. The zero-order valence-electron chi connectivity index (χ0n) is 18.0. The molecule has 2 atom stereocenters. The Hall–Kier alpha value is -4.04. The van der Waals surface area contributed by atoms with Crippen LogP contribution in [0.5, 0.6) is 0 Å². The number of thiocarbonyl (C=S) groups is 1. The Morgan fingerprint density at radius 3 is 2.53 bits per heavy atom. The highest BCUT2D eigenvalue weighted by atomic mass is 32.1. The van der Waals surface area contributed by atoms with E-state index in [1.165, 1.54) is 12.1 Å². The monoisotopic (exact) mass is 472 g/mol. The third-order valence-electron chi connectivity index (χ3n) is 5.62. The molecule has 0 radical (unpaired) electrons. The van der Waals surface area contributed by atoms with Crippen molar-refractivity contribution in [2.75, 3.05) is 11.9 Å². The second kappa shape index (κ2) is 9.44. The molecule has 0 aliphatic carbocycles. The molecule has 0 bridgehead atoms. The summed E-state index contributed by atoms with van der Waals surface area (Å²) in [5, 5.41) is 6.64. The first kappa shape index (κ1) is 21.8. The summed E-state index contributed by atoms with van der Waals surface area (Å²) < 4.78 is 19.6. The summed E-state index contributed by atoms with van der Waals surface area (Å²) >= 11 is 5.62. The number of benzene rings is 2. The minimum Gasteiger partial charge on any atom is -0.459 e. The average Bonchev–Trinajstić information content (AvgIpc) is 3.46. The van der Waals surface area contributed by atoms with Crippen LogP contribution in [0.2, 0.25) is 0 Å². The Bertz CT molecular complexity index is 1300. The molecule has 1 aliphatic heterocycles. The van der Waals surface area contributed by atoms with E-state index in [4.69, 9.17) is 16.6 Å². The fourth-order valence-electron chi connectivity index (χ4n) is 4.04. The summed E-state index contributed by atoms with van der Waals surface area (Å²) in [6.07, 6.45) is 1.72. The zero-order valence-corrected chi connectivity index (χ0v) is 18.8. The van der Waals surface area contributed by atoms with Gasteiger partial charge in [0.25, 0.3) is 0 Å². The first-order valence-electron chi connectivity index (χ1n) is 10.8. The molecular formula is C26H21FN4O2S. The molecule has 6 nitrogen and oxygen atoms in total. The van der Waals surface area contributed by atoms with Crippen molar-refractivity contribution < 1.29 is 13.6 Å². The Morgan fingerprint density at radius 2 is 1.79 bits per heavy atom. The lowest BCUT2D eigenvalue weighted by Crippen LogP contribution is -2.36. The highest BCUT2D eigenvalue weighted by Crippen LogP contribution is 2.40. The number of anilines is 1. The van der Waals surface area contributed by atoms with Crippen molar-refractivity contribution in [3.05, 3.63) is 108 Å². The van der Waals surface area contributed by atoms with E-state index in [1.54, 1.807) is 23.2 Å². The molecular weight excluding hydrogens is 451 g/mol. The van der Waals surface area contributed by atoms with Gasteiger partial charge in [-0.1, -0.05) is 24.3 Å². The Kier molecular flexibility index (Phi) is 6.05. The van der Waals surface area contributed by atoms with Gasteiger partial charge in [-0.2, -0.15) is 0 Å². The molecule has 4 aromatic rings. The van der Waals surface area contributed by atoms with E-state index in [9.17, 15) is 9.18 Å². The lowest BCUT2D eigenvalue weighted by atomic mass is 10.0. The molecule has 0 saturated carbocycles. The average molecular weight is 473 g/mol. The predicted octanol–water partition coefficient (Wildman–Crippen LogP) is 5.09. The number of halogens is 1. The number of carbonyl (C=O) groups excluding carboxylic acids is 1. The molecule has 8 heteroatoms. The van der Waals surface area contributed by atoms with Gasteiger partial charge in [-0.3, -0.25) is 9.78 Å². The maximum Gasteiger partial charge on any atom is 0.244 e. The van der Waals surface area contributed by atoms with Crippen molar-refractivity contribution in [2.24, 2.45) is 0 Å². The van der Waals surface area contributed by atoms with E-state index in [0.29, 0.717) is 22.3 Å². The van der Waals surface area contributed by atoms with Crippen LogP contribution in [0.3, 0.4) is 0 Å². The van der Waals surface area contributed by atoms with Crippen LogP contribution in [0.4, 0.5) is 10.1 Å². The van der Waals surface area contributed by atoms with E-state index in [2.05, 4.69) is 15.6 Å². The number of rotatable bonds is 6. The molecule has 170 valence electrons. The van der Waals surface area contributed by atoms with Crippen molar-refractivity contribution >= 4 is 28.9 Å². The molecule has 1 fully saturated rings. The largest absolute Gasteiger partial charge is 0.459 e. The number of pyridine rings is 1. The van der Waals surface area contributed by atoms with Gasteiger partial charge in [0.2, 0.25) is 5.91 Å². The predicted molar refractivity (Wildman–Crippen MR) is 131 cm³/mol. The zero-order chi connectivity index (χ0) is 23.5. The van der Waals surface area contributed by atoms with Gasteiger partial charge in [-0.15, -0.1) is 0 Å². The second-order valence-electron chi connectivity index (χ2n) is 7.88. The lowest BCUT2D eigenvalue weighted by molar-refractivity contribution is -0.116. The number of carbonyl (C=O) groups is 1. The highest BCUT2D eigenvalue weighted by Gasteiger charge is 2.42. The number of amides is 1. The van der Waals surface area contributed by atoms with Crippen LogP contribution in [0.15, 0.2) is 95.5 Å². The topological polar surface area (TPSA) is 70.4 Å². The summed E-state index contributed by atoms with van der Waals surface area (Å²) in [5.74, 6) is 0.704. The van der Waals surface area contributed by atoms with Crippen LogP contribution >= 0.6 is 12.2 Å². The van der Waals surface area contributed by atoms with Crippen LogP contribution in [0, 0.1) is 5.82 Å². The number of hydrogen-bond donors (Lipinski definition) is 2. The van der Waals surface area contributed by atoms with Gasteiger partial charge in [-0.05, 0) is 72.9 Å². The lowest BCUT2D eigenvalue weighted by Gasteiger charge is -2.25. The van der Waals surface area contributed by atoms with Crippen LogP contribution in [-0.2, 0) is 4.79 Å². The molecule has 1 amide bonds. The molecule has 5 rings (SSSR count). The van der Waals surface area contributed by atoms with Crippen molar-refractivity contribution in [3.63, 3.8) is 0 Å². The molecule has 2 N–H and O–H groups in total. The van der Waals surface area contributed by atoms with Crippen LogP contribution in [-0.4, -0.2) is 27.4 Å². The number of hydrogen-bond acceptors (Lipinski definition) is 4. The Balaban J connectivity index is 1.46. The standard InChI is InChI=1S/C26H21FN4O2S/c27-18-11-9-17(10-12-18)21-13-14-22(33-21)25-24(20-8-4-5-15-28-20)30-26(34)31(25)16-23(32)29-19-6-2-1-3-7-19/h1-15,24-25H,16H2,(H,29,32)(H,30,34)/t24-,25-/m1/s1. The third-order valence-corrected chi connectivity index (χ3v) is 5.97. The highest BCUT2D eigenvalue weighted by molar-refractivity contribution is 7.80. The second-order valence-corrected chi connectivity index (χ2v) is 8.26. The van der Waals surface area contributed by atoms with Crippen molar-refractivity contribution in [2.45, 2.75) is 12.1 Å². The van der Waals surface area contributed by atoms with Gasteiger partial charge in [0.15, 0.2) is 5.11 Å². The van der Waals surface area contributed by atoms with E-state index in [0.717, 1.165) is 11.3 Å². The minimum atomic E-state index is -0.405. The van der Waals surface area contributed by atoms with Gasteiger partial charge >= 0.3 is 0 Å². The van der Waals surface area contributed by atoms with E-state index >= 15 is 0 Å². The van der Waals surface area contributed by atoms with Gasteiger partial charge < -0.3 is 20.0 Å². The Morgan fingerprint density at radius 1 is 1.03 bits per heavy atom. The molecule has 2 aromatic carbocycles. The quantitative estimate of drug-likeness (QED) is 0.381.